The summed E-state index contributed by atoms with van der Waals surface area (Å²) >= 11 is 3.57. The fourth-order valence-electron chi connectivity index (χ4n) is 6.76. The number of halogens is 1. The number of aryl methyl sites for hydroxylation is 1. The summed E-state index contributed by atoms with van der Waals surface area (Å²) in [6.45, 7) is 1.92. The zero-order valence-corrected chi connectivity index (χ0v) is 28.0. The molecule has 0 fully saturated rings. The molecule has 1 N–H and O–H groups in total. The Morgan fingerprint density at radius 2 is 1.40 bits per heavy atom. The van der Waals surface area contributed by atoms with E-state index in [1.54, 1.807) is 24.3 Å². The van der Waals surface area contributed by atoms with Crippen molar-refractivity contribution < 1.29 is 17.9 Å². The first-order chi connectivity index (χ1) is 22.8. The van der Waals surface area contributed by atoms with Crippen molar-refractivity contribution in [1.82, 2.24) is 4.72 Å². The van der Waals surface area contributed by atoms with Crippen molar-refractivity contribution in [1.29, 1.82) is 0 Å². The van der Waals surface area contributed by atoms with Gasteiger partial charge in [-0.3, -0.25) is 9.52 Å². The molecule has 47 heavy (non-hydrogen) atoms. The maximum absolute atomic E-state index is 14.1. The molecule has 0 saturated carbocycles. The molecule has 5 nitrogen and oxygen atoms in total. The van der Waals surface area contributed by atoms with Crippen LogP contribution in [0.5, 0.6) is 0 Å². The van der Waals surface area contributed by atoms with E-state index in [0.717, 1.165) is 32.3 Å². The van der Waals surface area contributed by atoms with Gasteiger partial charge in [0.1, 0.15) is 5.76 Å². The van der Waals surface area contributed by atoms with Gasteiger partial charge in [0.2, 0.25) is 0 Å². The molecule has 0 unspecified atom stereocenters. The number of rotatable bonds is 8. The van der Waals surface area contributed by atoms with E-state index in [9.17, 15) is 13.2 Å². The van der Waals surface area contributed by atoms with E-state index < -0.39 is 21.9 Å². The molecule has 0 bridgehead atoms. The first kappa shape index (κ1) is 30.9. The quantitative estimate of drug-likeness (QED) is 0.164. The van der Waals surface area contributed by atoms with Crippen LogP contribution in [0, 0.1) is 12.8 Å². The highest BCUT2D eigenvalue weighted by Crippen LogP contribution is 2.56. The molecule has 1 aliphatic heterocycles. The minimum atomic E-state index is -3.94. The number of hydrogen-bond donors (Lipinski definition) is 1. The largest absolute Gasteiger partial charge is 0.426 e. The molecule has 0 amide bonds. The standard InChI is InChI=1S/C40H32BrNO4S/c1-26-16-22-31(23-17-26)47(44,45)42-36(28-10-4-2-5-11-28)24-34(27-18-20-30(41)21-19-27)38-33-15-9-8-14-32(33)35-25-37(46-40(43)39(35)38)29-12-6-3-7-13-29/h2-25,34-35,38-39,42H,1H3/b36-24-/t34-,35-,38+,39-/m0/s1. The molecule has 0 aromatic heterocycles. The van der Waals surface area contributed by atoms with Crippen molar-refractivity contribution >= 4 is 43.4 Å². The Balaban J connectivity index is 1.40. The van der Waals surface area contributed by atoms with Gasteiger partial charge in [0, 0.05) is 27.8 Å². The van der Waals surface area contributed by atoms with Crippen molar-refractivity contribution in [3.8, 4) is 0 Å². The molecule has 5 aromatic rings. The van der Waals surface area contributed by atoms with Crippen LogP contribution in [0.1, 0.15) is 51.1 Å². The van der Waals surface area contributed by atoms with Crippen LogP contribution < -0.4 is 4.72 Å². The van der Waals surface area contributed by atoms with Crippen molar-refractivity contribution in [3.63, 3.8) is 0 Å². The summed E-state index contributed by atoms with van der Waals surface area (Å²) in [7, 11) is -3.94. The zero-order chi connectivity index (χ0) is 32.5. The van der Waals surface area contributed by atoms with Gasteiger partial charge in [-0.2, -0.15) is 0 Å². The van der Waals surface area contributed by atoms with Crippen LogP contribution in [-0.2, 0) is 19.6 Å². The fraction of sp³-hybridized carbons (Fsp3) is 0.125. The molecule has 4 atom stereocenters. The third-order valence-electron chi connectivity index (χ3n) is 9.01. The van der Waals surface area contributed by atoms with Gasteiger partial charge < -0.3 is 4.74 Å². The molecule has 7 heteroatoms. The number of benzene rings is 5. The molecule has 7 rings (SSSR count). The molecule has 234 valence electrons. The van der Waals surface area contributed by atoms with E-state index in [-0.39, 0.29) is 22.7 Å². The molecule has 1 aliphatic carbocycles. The molecular weight excluding hydrogens is 670 g/mol. The Morgan fingerprint density at radius 3 is 2.09 bits per heavy atom. The van der Waals surface area contributed by atoms with Gasteiger partial charge in [-0.25, -0.2) is 8.42 Å². The van der Waals surface area contributed by atoms with E-state index in [1.165, 1.54) is 0 Å². The number of hydrogen-bond acceptors (Lipinski definition) is 4. The maximum Gasteiger partial charge on any atom is 0.315 e. The lowest BCUT2D eigenvalue weighted by Crippen LogP contribution is -2.30. The van der Waals surface area contributed by atoms with Crippen molar-refractivity contribution in [3.05, 3.63) is 183 Å². The first-order valence-electron chi connectivity index (χ1n) is 15.5. The number of cyclic esters (lactones) is 1. The second-order valence-corrected chi connectivity index (χ2v) is 14.6. The Hall–Kier alpha value is -4.72. The average molecular weight is 703 g/mol. The van der Waals surface area contributed by atoms with Gasteiger partial charge in [-0.1, -0.05) is 137 Å². The van der Waals surface area contributed by atoms with E-state index >= 15 is 0 Å². The lowest BCUT2D eigenvalue weighted by atomic mass is 9.74. The summed E-state index contributed by atoms with van der Waals surface area (Å²) in [5.74, 6) is -1.19. The monoisotopic (exact) mass is 701 g/mol. The average Bonchev–Trinajstić information content (AvgIpc) is 3.43. The minimum absolute atomic E-state index is 0.172. The number of ether oxygens (including phenoxy) is 1. The van der Waals surface area contributed by atoms with E-state index in [2.05, 4.69) is 38.9 Å². The predicted molar refractivity (Wildman–Crippen MR) is 189 cm³/mol. The van der Waals surface area contributed by atoms with E-state index in [1.807, 2.05) is 110 Å². The molecule has 1 heterocycles. The third-order valence-corrected chi connectivity index (χ3v) is 10.9. The maximum atomic E-state index is 14.1. The molecule has 0 radical (unpaired) electrons. The normalized spacial score (nSPS) is 19.6. The van der Waals surface area contributed by atoms with Crippen molar-refractivity contribution in [2.45, 2.75) is 29.6 Å². The van der Waals surface area contributed by atoms with Crippen LogP contribution >= 0.6 is 15.9 Å². The molecule has 0 spiro atoms. The number of allylic oxidation sites excluding steroid dienone is 2. The first-order valence-corrected chi connectivity index (χ1v) is 17.8. The summed E-state index contributed by atoms with van der Waals surface area (Å²) in [5.41, 5.74) is 6.03. The van der Waals surface area contributed by atoms with Gasteiger partial charge in [-0.15, -0.1) is 0 Å². The fourth-order valence-corrected chi connectivity index (χ4v) is 8.11. The van der Waals surface area contributed by atoms with Crippen molar-refractivity contribution in [2.75, 3.05) is 0 Å². The highest BCUT2D eigenvalue weighted by atomic mass is 79.9. The van der Waals surface area contributed by atoms with Crippen LogP contribution in [0.15, 0.2) is 155 Å². The Labute approximate surface area is 283 Å². The summed E-state index contributed by atoms with van der Waals surface area (Å²) in [6.07, 6.45) is 4.04. The van der Waals surface area contributed by atoms with Crippen LogP contribution in [0.2, 0.25) is 0 Å². The highest BCUT2D eigenvalue weighted by Gasteiger charge is 2.50. The lowest BCUT2D eigenvalue weighted by molar-refractivity contribution is -0.143. The Bertz CT molecular complexity index is 2090. The second-order valence-electron chi connectivity index (χ2n) is 12.0. The summed E-state index contributed by atoms with van der Waals surface area (Å²) in [4.78, 5) is 14.3. The molecule has 5 aromatic carbocycles. The minimum Gasteiger partial charge on any atom is -0.426 e. The Morgan fingerprint density at radius 1 is 0.787 bits per heavy atom. The molecular formula is C40H32BrNO4S. The van der Waals surface area contributed by atoms with E-state index in [0.29, 0.717) is 17.0 Å². The number of sulfonamides is 1. The van der Waals surface area contributed by atoms with Gasteiger partial charge in [-0.05, 0) is 59.5 Å². The third kappa shape index (κ3) is 6.21. The lowest BCUT2D eigenvalue weighted by Gasteiger charge is -2.32. The van der Waals surface area contributed by atoms with Gasteiger partial charge in [0.05, 0.1) is 16.5 Å². The number of nitrogens with one attached hydrogen (secondary N) is 1. The smallest absolute Gasteiger partial charge is 0.315 e. The van der Waals surface area contributed by atoms with Crippen LogP contribution in [0.3, 0.4) is 0 Å². The van der Waals surface area contributed by atoms with Gasteiger partial charge in [0.25, 0.3) is 10.0 Å². The summed E-state index contributed by atoms with van der Waals surface area (Å²) in [5, 5.41) is 0. The summed E-state index contributed by atoms with van der Waals surface area (Å²) < 4.78 is 37.5. The number of carbonyl (C=O) groups excluding carboxylic acids is 1. The topological polar surface area (TPSA) is 72.5 Å². The number of carbonyl (C=O) groups is 1. The van der Waals surface area contributed by atoms with Gasteiger partial charge >= 0.3 is 5.97 Å². The number of esters is 1. The molecule has 0 saturated heterocycles. The Kier molecular flexibility index (Phi) is 8.43. The van der Waals surface area contributed by atoms with E-state index in [4.69, 9.17) is 4.74 Å². The van der Waals surface area contributed by atoms with Crippen LogP contribution in [-0.4, -0.2) is 14.4 Å². The second kappa shape index (κ2) is 12.8. The van der Waals surface area contributed by atoms with Crippen molar-refractivity contribution in [2.24, 2.45) is 5.92 Å². The highest BCUT2D eigenvalue weighted by molar-refractivity contribution is 9.10. The zero-order valence-electron chi connectivity index (χ0n) is 25.6. The van der Waals surface area contributed by atoms with Gasteiger partial charge in [0.15, 0.2) is 0 Å². The number of fused-ring (bicyclic) bond motifs is 3. The molecule has 2 aliphatic rings. The summed E-state index contributed by atoms with van der Waals surface area (Å²) in [6, 6.07) is 42.1. The van der Waals surface area contributed by atoms with Crippen LogP contribution in [0.25, 0.3) is 11.5 Å². The predicted octanol–water partition coefficient (Wildman–Crippen LogP) is 8.96. The SMILES string of the molecule is Cc1ccc(S(=O)(=O)N/C(=C\[C@@H](c2ccc(Br)cc2)[C@H]2c3ccccc3[C@@H]3C=C(c4ccccc4)OC(=O)[C@H]23)c2ccccc2)cc1. The van der Waals surface area contributed by atoms with Crippen LogP contribution in [0.4, 0.5) is 0 Å².